The second-order valence-corrected chi connectivity index (χ2v) is 8.43. The molecule has 1 aliphatic heterocycles. The van der Waals surface area contributed by atoms with Crippen molar-refractivity contribution in [2.24, 2.45) is 0 Å². The number of H-pyrrole nitrogens is 1. The molecule has 2 heterocycles. The fourth-order valence-electron chi connectivity index (χ4n) is 4.66. The van der Waals surface area contributed by atoms with Gasteiger partial charge in [-0.3, -0.25) is 4.79 Å². The van der Waals surface area contributed by atoms with Crippen LogP contribution in [-0.4, -0.2) is 43.5 Å². The summed E-state index contributed by atoms with van der Waals surface area (Å²) in [6.07, 6.45) is 0.827. The van der Waals surface area contributed by atoms with Crippen molar-refractivity contribution in [3.05, 3.63) is 95.2 Å². The van der Waals surface area contributed by atoms with Crippen LogP contribution in [0.4, 0.5) is 5.69 Å². The Kier molecular flexibility index (Phi) is 5.10. The maximum Gasteiger partial charge on any atom is 0.254 e. The summed E-state index contributed by atoms with van der Waals surface area (Å²) in [5.41, 5.74) is 6.35. The third-order valence-electron chi connectivity index (χ3n) is 6.36. The first-order chi connectivity index (χ1) is 15.6. The first kappa shape index (κ1) is 20.2. The van der Waals surface area contributed by atoms with Crippen LogP contribution in [0.15, 0.2) is 72.8 Å². The van der Waals surface area contributed by atoms with Crippen molar-refractivity contribution >= 4 is 22.5 Å². The van der Waals surface area contributed by atoms with Crippen LogP contribution < -0.4 is 9.64 Å². The van der Waals surface area contributed by atoms with Gasteiger partial charge in [-0.05, 0) is 60.0 Å². The summed E-state index contributed by atoms with van der Waals surface area (Å²) >= 11 is 0. The predicted octanol–water partition coefficient (Wildman–Crippen LogP) is 5.03. The lowest BCUT2D eigenvalue weighted by Gasteiger charge is -2.36. The van der Waals surface area contributed by atoms with E-state index in [2.05, 4.69) is 35.3 Å². The minimum atomic E-state index is -0.182. The molecule has 1 aromatic heterocycles. The SMILES string of the molecule is COc1ccc([C@@H]2c3[nH]c4ccccc4c3CCN2C(=O)c2ccc(N(C)C)cc2)cc1. The number of methoxy groups -OCH3 is 1. The van der Waals surface area contributed by atoms with Crippen molar-refractivity contribution in [2.75, 3.05) is 32.6 Å². The Morgan fingerprint density at radius 1 is 1.00 bits per heavy atom. The van der Waals surface area contributed by atoms with Gasteiger partial charge in [0.2, 0.25) is 0 Å². The molecule has 0 spiro atoms. The molecule has 5 rings (SSSR count). The van der Waals surface area contributed by atoms with Gasteiger partial charge in [-0.15, -0.1) is 0 Å². The van der Waals surface area contributed by atoms with Gasteiger partial charge in [-0.2, -0.15) is 0 Å². The number of aromatic nitrogens is 1. The average molecular weight is 426 g/mol. The zero-order chi connectivity index (χ0) is 22.2. The van der Waals surface area contributed by atoms with Crippen molar-refractivity contribution in [2.45, 2.75) is 12.5 Å². The lowest BCUT2D eigenvalue weighted by molar-refractivity contribution is 0.0692. The molecule has 0 saturated heterocycles. The molecule has 4 aromatic rings. The Labute approximate surface area is 188 Å². The second kappa shape index (κ2) is 8.08. The van der Waals surface area contributed by atoms with E-state index in [0.717, 1.165) is 34.6 Å². The smallest absolute Gasteiger partial charge is 0.254 e. The number of nitrogens with one attached hydrogen (secondary N) is 1. The fraction of sp³-hybridized carbons (Fsp3) is 0.222. The molecule has 0 unspecified atom stereocenters. The standard InChI is InChI=1S/C27H27N3O2/c1-29(2)20-12-8-19(9-13-20)27(31)30-17-16-23-22-6-4-5-7-24(22)28-25(23)26(30)18-10-14-21(32-3)15-11-18/h4-15,26,28H,16-17H2,1-3H3/t26-/m1/s1. The number of benzene rings is 3. The topological polar surface area (TPSA) is 48.6 Å². The molecule has 1 amide bonds. The van der Waals surface area contributed by atoms with E-state index in [4.69, 9.17) is 4.74 Å². The van der Waals surface area contributed by atoms with Gasteiger partial charge in [0, 0.05) is 48.5 Å². The number of anilines is 1. The highest BCUT2D eigenvalue weighted by atomic mass is 16.5. The molecule has 32 heavy (non-hydrogen) atoms. The van der Waals surface area contributed by atoms with E-state index in [1.807, 2.05) is 66.4 Å². The molecule has 3 aromatic carbocycles. The maximum atomic E-state index is 13.7. The average Bonchev–Trinajstić information content (AvgIpc) is 3.22. The Hall–Kier alpha value is -3.73. The monoisotopic (exact) mass is 425 g/mol. The van der Waals surface area contributed by atoms with Crippen LogP contribution in [-0.2, 0) is 6.42 Å². The normalized spacial score (nSPS) is 15.5. The largest absolute Gasteiger partial charge is 0.497 e. The van der Waals surface area contributed by atoms with Gasteiger partial charge in [0.15, 0.2) is 0 Å². The predicted molar refractivity (Wildman–Crippen MR) is 129 cm³/mol. The van der Waals surface area contributed by atoms with Crippen LogP contribution >= 0.6 is 0 Å². The number of carbonyl (C=O) groups excluding carboxylic acids is 1. The molecule has 0 bridgehead atoms. The van der Waals surface area contributed by atoms with Gasteiger partial charge in [0.25, 0.3) is 5.91 Å². The molecule has 0 saturated carbocycles. The first-order valence-corrected chi connectivity index (χ1v) is 10.9. The number of carbonyl (C=O) groups is 1. The molecule has 0 aliphatic carbocycles. The molecular formula is C27H27N3O2. The van der Waals surface area contributed by atoms with Gasteiger partial charge in [0.05, 0.1) is 13.2 Å². The van der Waals surface area contributed by atoms with E-state index in [9.17, 15) is 4.79 Å². The third kappa shape index (κ3) is 3.40. The van der Waals surface area contributed by atoms with Crippen LogP contribution in [0.3, 0.4) is 0 Å². The number of nitrogens with zero attached hydrogens (tertiary/aromatic N) is 2. The Morgan fingerprint density at radius 2 is 1.72 bits per heavy atom. The minimum Gasteiger partial charge on any atom is -0.497 e. The number of fused-ring (bicyclic) bond motifs is 3. The molecule has 1 atom stereocenters. The van der Waals surface area contributed by atoms with Gasteiger partial charge in [0.1, 0.15) is 5.75 Å². The van der Waals surface area contributed by atoms with Gasteiger partial charge in [-0.1, -0.05) is 30.3 Å². The summed E-state index contributed by atoms with van der Waals surface area (Å²) in [7, 11) is 5.66. The highest BCUT2D eigenvalue weighted by Gasteiger charge is 2.35. The third-order valence-corrected chi connectivity index (χ3v) is 6.36. The first-order valence-electron chi connectivity index (χ1n) is 10.9. The maximum absolute atomic E-state index is 13.7. The molecule has 5 nitrogen and oxygen atoms in total. The summed E-state index contributed by atoms with van der Waals surface area (Å²) < 4.78 is 5.36. The number of ether oxygens (including phenoxy) is 1. The van der Waals surface area contributed by atoms with E-state index in [-0.39, 0.29) is 11.9 Å². The summed E-state index contributed by atoms with van der Waals surface area (Å²) in [5, 5.41) is 1.24. The molecule has 0 fully saturated rings. The van der Waals surface area contributed by atoms with Crippen molar-refractivity contribution in [3.8, 4) is 5.75 Å². The highest BCUT2D eigenvalue weighted by molar-refractivity contribution is 5.96. The zero-order valence-corrected chi connectivity index (χ0v) is 18.6. The van der Waals surface area contributed by atoms with Crippen molar-refractivity contribution in [1.82, 2.24) is 9.88 Å². The van der Waals surface area contributed by atoms with Crippen LogP contribution in [0.2, 0.25) is 0 Å². The van der Waals surface area contributed by atoms with Crippen molar-refractivity contribution in [3.63, 3.8) is 0 Å². The molecule has 1 aliphatic rings. The highest BCUT2D eigenvalue weighted by Crippen LogP contribution is 2.39. The van der Waals surface area contributed by atoms with E-state index >= 15 is 0 Å². The summed E-state index contributed by atoms with van der Waals surface area (Å²) in [6.45, 7) is 0.666. The van der Waals surface area contributed by atoms with E-state index in [1.54, 1.807) is 7.11 Å². The van der Waals surface area contributed by atoms with Crippen molar-refractivity contribution < 1.29 is 9.53 Å². The molecule has 0 radical (unpaired) electrons. The van der Waals surface area contributed by atoms with Gasteiger partial charge < -0.3 is 19.5 Å². The van der Waals surface area contributed by atoms with Crippen LogP contribution in [0.5, 0.6) is 5.75 Å². The van der Waals surface area contributed by atoms with Crippen molar-refractivity contribution in [1.29, 1.82) is 0 Å². The van der Waals surface area contributed by atoms with Gasteiger partial charge >= 0.3 is 0 Å². The molecular weight excluding hydrogens is 398 g/mol. The summed E-state index contributed by atoms with van der Waals surface area (Å²) in [4.78, 5) is 21.3. The van der Waals surface area contributed by atoms with E-state index < -0.39 is 0 Å². The van der Waals surface area contributed by atoms with Gasteiger partial charge in [-0.25, -0.2) is 0 Å². The quantitative estimate of drug-likeness (QED) is 0.499. The number of aromatic amines is 1. The van der Waals surface area contributed by atoms with Crippen LogP contribution in [0.25, 0.3) is 10.9 Å². The lowest BCUT2D eigenvalue weighted by atomic mass is 9.91. The van der Waals surface area contributed by atoms with E-state index in [0.29, 0.717) is 12.1 Å². The summed E-state index contributed by atoms with van der Waals surface area (Å²) in [6, 6.07) is 24.1. The zero-order valence-electron chi connectivity index (χ0n) is 18.6. The molecule has 162 valence electrons. The lowest BCUT2D eigenvalue weighted by Crippen LogP contribution is -2.40. The second-order valence-electron chi connectivity index (χ2n) is 8.43. The molecule has 5 heteroatoms. The number of rotatable bonds is 4. The van der Waals surface area contributed by atoms with Crippen LogP contribution in [0.1, 0.15) is 33.2 Å². The van der Waals surface area contributed by atoms with Crippen LogP contribution in [0, 0.1) is 0 Å². The Morgan fingerprint density at radius 3 is 2.41 bits per heavy atom. The number of para-hydroxylation sites is 1. The minimum absolute atomic E-state index is 0.0421. The number of hydrogen-bond acceptors (Lipinski definition) is 3. The molecule has 1 N–H and O–H groups in total. The van der Waals surface area contributed by atoms with E-state index in [1.165, 1.54) is 10.9 Å². The Balaban J connectivity index is 1.60. The Bertz CT molecular complexity index is 1260. The number of amides is 1. The fourth-order valence-corrected chi connectivity index (χ4v) is 4.66. The summed E-state index contributed by atoms with van der Waals surface area (Å²) in [5.74, 6) is 0.846. The number of hydrogen-bond donors (Lipinski definition) is 1.